The average molecular weight is 1420 g/mol. The molecule has 0 aliphatic carbocycles. The number of nitrogens with one attached hydrogen (secondary N) is 2. The van der Waals surface area contributed by atoms with E-state index in [4.69, 9.17) is 5.14 Å². The molecule has 0 saturated carbocycles. The molecule has 0 bridgehead atoms. The van der Waals surface area contributed by atoms with Gasteiger partial charge in [0.05, 0.1) is 47.2 Å². The molecule has 0 fully saturated rings. The summed E-state index contributed by atoms with van der Waals surface area (Å²) in [6.45, 7) is 6.59. The van der Waals surface area contributed by atoms with E-state index in [1.54, 1.807) is 49.3 Å². The second-order valence-corrected chi connectivity index (χ2v) is 33.3. The number of hydrogen-bond acceptors (Lipinski definition) is 19. The number of pyridine rings is 1. The van der Waals surface area contributed by atoms with Crippen LogP contribution in [0.5, 0.6) is 0 Å². The zero-order chi connectivity index (χ0) is 68.8. The van der Waals surface area contributed by atoms with Gasteiger partial charge in [0.1, 0.15) is 16.3 Å². The van der Waals surface area contributed by atoms with E-state index in [1.807, 2.05) is 0 Å². The number of carbonyl (C=O) groups is 2. The molecule has 1 aromatic heterocycles. The summed E-state index contributed by atoms with van der Waals surface area (Å²) in [4.78, 5) is 28.8. The number of nitrogens with zero attached hydrogens (tertiary/aromatic N) is 3. The quantitative estimate of drug-likeness (QED) is 0.0143. The lowest BCUT2D eigenvalue weighted by molar-refractivity contribution is -0.437. The first-order chi connectivity index (χ1) is 42.9. The van der Waals surface area contributed by atoms with Gasteiger partial charge in [0, 0.05) is 95.3 Å². The van der Waals surface area contributed by atoms with Crippen LogP contribution in [0.25, 0.3) is 27.1 Å². The Morgan fingerprint density at radius 3 is 1.76 bits per heavy atom. The molecule has 93 heavy (non-hydrogen) atoms. The normalized spacial score (nSPS) is 16.0. The number of anilines is 1. The molecule has 2 aliphatic rings. The highest BCUT2D eigenvalue weighted by atomic mass is 32.2. The molecule has 0 unspecified atom stereocenters. The first-order valence-corrected chi connectivity index (χ1v) is 38.5. The van der Waals surface area contributed by atoms with Crippen molar-refractivity contribution in [1.29, 1.82) is 0 Å². The van der Waals surface area contributed by atoms with E-state index < -0.39 is 119 Å². The van der Waals surface area contributed by atoms with Gasteiger partial charge in [0.25, 0.3) is 56.5 Å². The molecule has 500 valence electrons. The second-order valence-electron chi connectivity index (χ2n) is 23.0. The van der Waals surface area contributed by atoms with Gasteiger partial charge in [0.2, 0.25) is 21.6 Å². The SMILES string of the molecule is CC1(C)C(/C=C/C(=C/C=C2/N(CCCS(=O)(=O)O)c3ccc4c(S(=O)(=O)O)cc(S(=O)(=O)O)cc4c3C2(C)C)c2ccc(C(=O)NCCCCCC(=O)NCc3ccc(S(N)(=O)=O)cc3)cn2)=[N+](CCCS(=O)(=O)[O-])c2ccc3c(S(=O)(=O)O)cc(S(=O)(=O)O)cc3c21. The lowest BCUT2D eigenvalue weighted by Gasteiger charge is -2.27. The number of fused-ring (bicyclic) bond motifs is 6. The van der Waals surface area contributed by atoms with Crippen molar-refractivity contribution in [2.24, 2.45) is 5.14 Å². The molecule has 5 aromatic carbocycles. The lowest BCUT2D eigenvalue weighted by atomic mass is 9.79. The maximum absolute atomic E-state index is 13.6. The second kappa shape index (κ2) is 26.5. The molecule has 0 atom stereocenters. The van der Waals surface area contributed by atoms with Crippen LogP contribution in [0.2, 0.25) is 0 Å². The summed E-state index contributed by atoms with van der Waals surface area (Å²) in [6, 6.07) is 17.2. The summed E-state index contributed by atoms with van der Waals surface area (Å²) in [6.07, 6.45) is 8.60. The highest BCUT2D eigenvalue weighted by Gasteiger charge is 2.47. The topological polar surface area (TPSA) is 467 Å². The minimum atomic E-state index is -5.18. The molecule has 2 aliphatic heterocycles. The fourth-order valence-corrected chi connectivity index (χ4v) is 15.7. The average Bonchev–Trinajstić information content (AvgIpc) is 1.61. The first kappa shape index (κ1) is 71.6. The van der Waals surface area contributed by atoms with Gasteiger partial charge in [-0.25, -0.2) is 22.0 Å². The molecule has 0 saturated heterocycles. The van der Waals surface area contributed by atoms with Crippen LogP contribution in [0.15, 0.2) is 146 Å². The van der Waals surface area contributed by atoms with E-state index in [9.17, 15) is 95.8 Å². The molecule has 6 aromatic rings. The van der Waals surface area contributed by atoms with Crippen molar-refractivity contribution < 1.29 is 100 Å². The number of hydrogen-bond donors (Lipinski definition) is 8. The molecule has 35 heteroatoms. The number of sulfonamides is 1. The number of rotatable bonds is 26. The van der Waals surface area contributed by atoms with Gasteiger partial charge in [-0.3, -0.25) is 37.3 Å². The van der Waals surface area contributed by atoms with Crippen LogP contribution in [0.1, 0.15) is 99.0 Å². The van der Waals surface area contributed by atoms with E-state index in [-0.39, 0.29) is 117 Å². The zero-order valence-corrected chi connectivity index (χ0v) is 55.6. The van der Waals surface area contributed by atoms with Gasteiger partial charge in [0.15, 0.2) is 5.71 Å². The smallest absolute Gasteiger partial charge is 0.295 e. The van der Waals surface area contributed by atoms with Gasteiger partial charge in [-0.15, -0.1) is 0 Å². The van der Waals surface area contributed by atoms with Crippen LogP contribution in [0, 0.1) is 0 Å². The van der Waals surface area contributed by atoms with Gasteiger partial charge < -0.3 is 20.1 Å². The number of amides is 2. The van der Waals surface area contributed by atoms with E-state index in [0.717, 1.165) is 12.1 Å². The Kier molecular flexibility index (Phi) is 20.4. The Bertz CT molecular complexity index is 5030. The minimum absolute atomic E-state index is 0.0678. The van der Waals surface area contributed by atoms with Gasteiger partial charge in [-0.1, -0.05) is 44.5 Å². The number of allylic oxidation sites excluding steroid dienone is 6. The van der Waals surface area contributed by atoms with Crippen LogP contribution < -0.4 is 20.7 Å². The Hall–Kier alpha value is -7.23. The number of unbranched alkanes of at least 4 members (excludes halogenated alkanes) is 2. The van der Waals surface area contributed by atoms with Gasteiger partial charge in [-0.05, 0) is 128 Å². The molecular formula is C58H64N6O22S7. The van der Waals surface area contributed by atoms with Crippen LogP contribution >= 0.6 is 0 Å². The monoisotopic (exact) mass is 1420 g/mol. The maximum Gasteiger partial charge on any atom is 0.295 e. The summed E-state index contributed by atoms with van der Waals surface area (Å²) >= 11 is 0. The lowest BCUT2D eigenvalue weighted by Crippen LogP contribution is -2.28. The first-order valence-electron chi connectivity index (χ1n) is 28.1. The van der Waals surface area contributed by atoms with Crippen molar-refractivity contribution in [3.63, 3.8) is 0 Å². The fourth-order valence-electron chi connectivity index (χ4n) is 11.5. The molecule has 8 rings (SSSR count). The number of benzene rings is 5. The van der Waals surface area contributed by atoms with E-state index in [0.29, 0.717) is 48.4 Å². The summed E-state index contributed by atoms with van der Waals surface area (Å²) < 4.78 is 238. The van der Waals surface area contributed by atoms with Crippen LogP contribution in [0.4, 0.5) is 11.4 Å². The number of nitrogens with two attached hydrogens (primary N) is 1. The van der Waals surface area contributed by atoms with Crippen molar-refractivity contribution in [2.45, 2.75) is 108 Å². The third kappa shape index (κ3) is 16.6. The van der Waals surface area contributed by atoms with Gasteiger partial charge in [-0.2, -0.15) is 46.7 Å². The van der Waals surface area contributed by atoms with Crippen LogP contribution in [-0.2, 0) is 92.9 Å². The predicted octanol–water partition coefficient (Wildman–Crippen LogP) is 5.54. The van der Waals surface area contributed by atoms with Crippen molar-refractivity contribution in [3.8, 4) is 0 Å². The summed E-state index contributed by atoms with van der Waals surface area (Å²) in [5.41, 5.74) is 0.0470. The molecular weight excluding hydrogens is 1360 g/mol. The standard InChI is InChI=1S/C58H64N6O22S7/c1-57(2)51(63(26-8-28-87(67,68)69)47-21-18-42-44(54(47)57)30-40(90(75,76)77)32-49(42)92(81,82)83)23-14-37(46-20-13-38(35-61-46)56(66)60-25-7-5-6-10-53(65)62-34-36-11-16-39(17-12-36)89(59,73)74)15-24-52-58(3,4)55-45-31-41(91(78,79)80)33-50(93(84,85)86)43(45)19-22-48(55)64(52)27-9-29-88(70,71)72/h11-24,30-33,35H,5-10,25-29,34H2,1-4H3,(H9-,59,60,62,65,66,67,68,69,70,71,72,73,74,75,76,77,78,79,80,81,82,83,84,85,86). The summed E-state index contributed by atoms with van der Waals surface area (Å²) in [5.74, 6) is -2.37. The molecule has 28 nitrogen and oxygen atoms in total. The van der Waals surface area contributed by atoms with Crippen LogP contribution in [-0.4, -0.2) is 144 Å². The maximum atomic E-state index is 13.6. The fraction of sp³-hybridized carbons (Fsp3) is 0.310. The number of primary sulfonamides is 1. The Morgan fingerprint density at radius 1 is 0.634 bits per heavy atom. The molecule has 9 N–H and O–H groups in total. The molecule has 2 amide bonds. The minimum Gasteiger partial charge on any atom is -0.748 e. The van der Waals surface area contributed by atoms with E-state index in [2.05, 4.69) is 15.6 Å². The number of aromatic nitrogens is 1. The van der Waals surface area contributed by atoms with Crippen LogP contribution in [0.3, 0.4) is 0 Å². The Morgan fingerprint density at radius 2 is 1.23 bits per heavy atom. The van der Waals surface area contributed by atoms with Gasteiger partial charge >= 0.3 is 0 Å². The Labute approximate surface area is 537 Å². The van der Waals surface area contributed by atoms with E-state index >= 15 is 0 Å². The predicted molar refractivity (Wildman–Crippen MR) is 340 cm³/mol. The van der Waals surface area contributed by atoms with Crippen molar-refractivity contribution in [2.75, 3.05) is 36.0 Å². The van der Waals surface area contributed by atoms with Crippen molar-refractivity contribution in [3.05, 3.63) is 149 Å². The zero-order valence-electron chi connectivity index (χ0n) is 49.9. The van der Waals surface area contributed by atoms with E-state index in [1.165, 1.54) is 79.0 Å². The number of carbonyl (C=O) groups excluding carboxylic acids is 2. The third-order valence-corrected chi connectivity index (χ3v) is 21.7. The Balaban J connectivity index is 1.20. The third-order valence-electron chi connectivity index (χ3n) is 15.8. The highest BCUT2D eigenvalue weighted by Crippen LogP contribution is 2.52. The largest absolute Gasteiger partial charge is 0.748 e. The molecule has 0 spiro atoms. The van der Waals surface area contributed by atoms with Crippen molar-refractivity contribution in [1.82, 2.24) is 15.6 Å². The summed E-state index contributed by atoms with van der Waals surface area (Å²) in [7, 11) is -33.9. The molecule has 3 heterocycles. The molecule has 0 radical (unpaired) electrons. The summed E-state index contributed by atoms with van der Waals surface area (Å²) in [5, 5.41) is 10.2. The van der Waals surface area contributed by atoms with Crippen molar-refractivity contribution >= 4 is 127 Å². The highest BCUT2D eigenvalue weighted by molar-refractivity contribution is 7.89.